The Hall–Kier alpha value is -0.120. The molecule has 2 fully saturated rings. The van der Waals surface area contributed by atoms with Crippen molar-refractivity contribution in [3.05, 3.63) is 0 Å². The SMILES string of the molecule is CC(C)C(CO)(CO)CC1CCC2(CCCC2)O1. The number of ether oxygens (including phenoxy) is 1. The van der Waals surface area contributed by atoms with Crippen LogP contribution in [0.1, 0.15) is 58.8 Å². The summed E-state index contributed by atoms with van der Waals surface area (Å²) in [5.74, 6) is 0.274. The lowest BCUT2D eigenvalue weighted by Crippen LogP contribution is -2.39. The molecule has 0 aromatic heterocycles. The molecule has 3 nitrogen and oxygen atoms in total. The first-order chi connectivity index (χ1) is 8.56. The second kappa shape index (κ2) is 5.48. The first-order valence-corrected chi connectivity index (χ1v) is 7.45. The van der Waals surface area contributed by atoms with Gasteiger partial charge in [-0.15, -0.1) is 0 Å². The smallest absolute Gasteiger partial charge is 0.0687 e. The monoisotopic (exact) mass is 256 g/mol. The number of hydrogen-bond donors (Lipinski definition) is 2. The summed E-state index contributed by atoms with van der Waals surface area (Å²) in [6, 6.07) is 0. The largest absolute Gasteiger partial charge is 0.396 e. The van der Waals surface area contributed by atoms with E-state index in [1.807, 2.05) is 0 Å². The van der Waals surface area contributed by atoms with E-state index in [1.165, 1.54) is 32.1 Å². The van der Waals surface area contributed by atoms with Crippen LogP contribution in [-0.4, -0.2) is 35.1 Å². The van der Waals surface area contributed by atoms with Gasteiger partial charge in [0.15, 0.2) is 0 Å². The van der Waals surface area contributed by atoms with E-state index >= 15 is 0 Å². The Morgan fingerprint density at radius 1 is 1.17 bits per heavy atom. The number of aliphatic hydroxyl groups is 2. The standard InChI is InChI=1S/C15H28O3/c1-12(2)14(10-16,11-17)9-13-5-8-15(18-13)6-3-4-7-15/h12-13,16-17H,3-11H2,1-2H3. The maximum absolute atomic E-state index is 9.65. The molecular formula is C15H28O3. The van der Waals surface area contributed by atoms with Crippen molar-refractivity contribution in [3.63, 3.8) is 0 Å². The Morgan fingerprint density at radius 2 is 1.78 bits per heavy atom. The zero-order valence-electron chi connectivity index (χ0n) is 11.8. The van der Waals surface area contributed by atoms with Crippen LogP contribution in [0.2, 0.25) is 0 Å². The van der Waals surface area contributed by atoms with Crippen LogP contribution in [0.5, 0.6) is 0 Å². The highest BCUT2D eigenvalue weighted by Gasteiger charge is 2.45. The van der Waals surface area contributed by atoms with Crippen molar-refractivity contribution < 1.29 is 14.9 Å². The van der Waals surface area contributed by atoms with Crippen molar-refractivity contribution in [2.24, 2.45) is 11.3 Å². The normalized spacial score (nSPS) is 27.5. The summed E-state index contributed by atoms with van der Waals surface area (Å²) in [6.07, 6.45) is 8.28. The van der Waals surface area contributed by atoms with E-state index < -0.39 is 0 Å². The van der Waals surface area contributed by atoms with Crippen molar-refractivity contribution in [3.8, 4) is 0 Å². The van der Waals surface area contributed by atoms with Gasteiger partial charge in [-0.25, -0.2) is 0 Å². The molecule has 1 atom stereocenters. The summed E-state index contributed by atoms with van der Waals surface area (Å²) < 4.78 is 6.30. The van der Waals surface area contributed by atoms with Gasteiger partial charge in [-0.05, 0) is 38.0 Å². The third-order valence-electron chi connectivity index (χ3n) is 5.34. The Morgan fingerprint density at radius 3 is 2.28 bits per heavy atom. The first-order valence-electron chi connectivity index (χ1n) is 7.45. The zero-order valence-corrected chi connectivity index (χ0v) is 11.8. The molecule has 2 rings (SSSR count). The third-order valence-corrected chi connectivity index (χ3v) is 5.34. The molecule has 1 unspecified atom stereocenters. The lowest BCUT2D eigenvalue weighted by atomic mass is 9.74. The van der Waals surface area contributed by atoms with Crippen LogP contribution in [-0.2, 0) is 4.74 Å². The Bertz CT molecular complexity index is 265. The molecule has 1 spiro atoms. The molecule has 2 aliphatic rings. The molecule has 1 saturated heterocycles. The molecule has 3 heteroatoms. The van der Waals surface area contributed by atoms with Crippen molar-refractivity contribution in [2.75, 3.05) is 13.2 Å². The van der Waals surface area contributed by atoms with E-state index in [9.17, 15) is 10.2 Å². The summed E-state index contributed by atoms with van der Waals surface area (Å²) in [5, 5.41) is 19.3. The summed E-state index contributed by atoms with van der Waals surface area (Å²) in [4.78, 5) is 0. The Kier molecular flexibility index (Phi) is 4.35. The van der Waals surface area contributed by atoms with Gasteiger partial charge in [-0.1, -0.05) is 26.7 Å². The topological polar surface area (TPSA) is 49.7 Å². The van der Waals surface area contributed by atoms with Crippen LogP contribution in [0.4, 0.5) is 0 Å². The van der Waals surface area contributed by atoms with Gasteiger partial charge in [-0.3, -0.25) is 0 Å². The fourth-order valence-electron chi connectivity index (χ4n) is 3.66. The van der Waals surface area contributed by atoms with E-state index in [-0.39, 0.29) is 36.3 Å². The number of rotatable bonds is 5. The summed E-state index contributed by atoms with van der Waals surface area (Å²) in [7, 11) is 0. The zero-order chi connectivity index (χ0) is 13.2. The van der Waals surface area contributed by atoms with Gasteiger partial charge in [0.1, 0.15) is 0 Å². The fourth-order valence-corrected chi connectivity index (χ4v) is 3.66. The molecule has 0 radical (unpaired) electrons. The summed E-state index contributed by atoms with van der Waals surface area (Å²) in [5.41, 5.74) is -0.229. The molecule has 18 heavy (non-hydrogen) atoms. The quantitative estimate of drug-likeness (QED) is 0.794. The highest BCUT2D eigenvalue weighted by atomic mass is 16.5. The van der Waals surface area contributed by atoms with Gasteiger partial charge in [0, 0.05) is 5.41 Å². The minimum Gasteiger partial charge on any atom is -0.396 e. The molecule has 1 aliphatic carbocycles. The van der Waals surface area contributed by atoms with Gasteiger partial charge < -0.3 is 14.9 Å². The predicted octanol–water partition coefficient (Wildman–Crippen LogP) is 2.50. The fraction of sp³-hybridized carbons (Fsp3) is 1.00. The van der Waals surface area contributed by atoms with Gasteiger partial charge in [0.25, 0.3) is 0 Å². The highest BCUT2D eigenvalue weighted by Crippen LogP contribution is 2.46. The number of aliphatic hydroxyl groups excluding tert-OH is 2. The molecule has 1 heterocycles. The molecule has 106 valence electrons. The van der Waals surface area contributed by atoms with E-state index in [4.69, 9.17) is 4.74 Å². The lowest BCUT2D eigenvalue weighted by Gasteiger charge is -2.36. The highest BCUT2D eigenvalue weighted by molar-refractivity contribution is 4.95. The van der Waals surface area contributed by atoms with Crippen LogP contribution >= 0.6 is 0 Å². The molecule has 0 bridgehead atoms. The summed E-state index contributed by atoms with van der Waals surface area (Å²) in [6.45, 7) is 4.25. The lowest BCUT2D eigenvalue weighted by molar-refractivity contribution is -0.0801. The van der Waals surface area contributed by atoms with Crippen LogP contribution in [0.3, 0.4) is 0 Å². The summed E-state index contributed by atoms with van der Waals surface area (Å²) >= 11 is 0. The van der Waals surface area contributed by atoms with Crippen LogP contribution in [0.15, 0.2) is 0 Å². The maximum Gasteiger partial charge on any atom is 0.0687 e. The Labute approximate surface area is 111 Å². The molecule has 0 amide bonds. The predicted molar refractivity (Wildman–Crippen MR) is 71.4 cm³/mol. The maximum atomic E-state index is 9.65. The minimum absolute atomic E-state index is 0.0496. The molecule has 0 aromatic carbocycles. The minimum atomic E-state index is -0.380. The molecule has 0 aromatic rings. The molecular weight excluding hydrogens is 228 g/mol. The molecule has 1 saturated carbocycles. The second-order valence-electron chi connectivity index (χ2n) is 6.71. The third kappa shape index (κ3) is 2.59. The van der Waals surface area contributed by atoms with Crippen molar-refractivity contribution in [2.45, 2.75) is 70.5 Å². The van der Waals surface area contributed by atoms with Crippen LogP contribution in [0, 0.1) is 11.3 Å². The Balaban J connectivity index is 1.97. The van der Waals surface area contributed by atoms with E-state index in [0.29, 0.717) is 0 Å². The van der Waals surface area contributed by atoms with Crippen LogP contribution in [0.25, 0.3) is 0 Å². The molecule has 2 N–H and O–H groups in total. The van der Waals surface area contributed by atoms with Gasteiger partial charge >= 0.3 is 0 Å². The van der Waals surface area contributed by atoms with Gasteiger partial charge in [0.05, 0.1) is 24.9 Å². The van der Waals surface area contributed by atoms with E-state index in [2.05, 4.69) is 13.8 Å². The average Bonchev–Trinajstić information content (AvgIpc) is 2.97. The van der Waals surface area contributed by atoms with E-state index in [1.54, 1.807) is 0 Å². The number of hydrogen-bond acceptors (Lipinski definition) is 3. The average molecular weight is 256 g/mol. The second-order valence-corrected chi connectivity index (χ2v) is 6.71. The van der Waals surface area contributed by atoms with Crippen molar-refractivity contribution in [1.82, 2.24) is 0 Å². The van der Waals surface area contributed by atoms with E-state index in [0.717, 1.165) is 12.8 Å². The van der Waals surface area contributed by atoms with Crippen molar-refractivity contribution >= 4 is 0 Å². The van der Waals surface area contributed by atoms with Crippen LogP contribution < -0.4 is 0 Å². The van der Waals surface area contributed by atoms with Gasteiger partial charge in [0.2, 0.25) is 0 Å². The van der Waals surface area contributed by atoms with Crippen molar-refractivity contribution in [1.29, 1.82) is 0 Å². The molecule has 1 aliphatic heterocycles. The van der Waals surface area contributed by atoms with Gasteiger partial charge in [-0.2, -0.15) is 0 Å². The first kappa shape index (κ1) is 14.3.